The summed E-state index contributed by atoms with van der Waals surface area (Å²) in [6.07, 6.45) is -0.139. The molecule has 1 amide bonds. The number of hydrogen-bond acceptors (Lipinski definition) is 5. The Hall–Kier alpha value is -3.13. The first-order valence-electron chi connectivity index (χ1n) is 10.9. The summed E-state index contributed by atoms with van der Waals surface area (Å²) in [5, 5.41) is 17.1. The molecule has 5 rings (SSSR count). The molecule has 1 aliphatic carbocycles. The number of halogens is 5. The third-order valence-electron chi connectivity index (χ3n) is 5.93. The fraction of sp³-hybridized carbons (Fsp3) is 0.250. The van der Waals surface area contributed by atoms with Crippen LogP contribution >= 0.6 is 34.5 Å². The van der Waals surface area contributed by atoms with E-state index in [1.807, 2.05) is 0 Å². The normalized spacial score (nSPS) is 13.8. The van der Waals surface area contributed by atoms with E-state index in [-0.39, 0.29) is 27.1 Å². The Kier molecular flexibility index (Phi) is 6.41. The number of benzene rings is 1. The van der Waals surface area contributed by atoms with E-state index < -0.39 is 17.8 Å². The van der Waals surface area contributed by atoms with Crippen LogP contribution in [0.1, 0.15) is 51.4 Å². The number of carbonyl (C=O) groups is 1. The molecule has 0 spiro atoms. The van der Waals surface area contributed by atoms with E-state index in [1.165, 1.54) is 35.6 Å². The summed E-state index contributed by atoms with van der Waals surface area (Å²) in [6, 6.07) is 8.56. The van der Waals surface area contributed by atoms with Gasteiger partial charge >= 0.3 is 6.18 Å². The summed E-state index contributed by atoms with van der Waals surface area (Å²) in [5.74, 6) is -0.724. The van der Waals surface area contributed by atoms with Crippen molar-refractivity contribution in [2.45, 2.75) is 38.3 Å². The number of thiophene rings is 1. The maximum atomic E-state index is 13.9. The number of carbonyl (C=O) groups excluding carboxylic acids is 1. The van der Waals surface area contributed by atoms with E-state index in [1.54, 1.807) is 0 Å². The number of nitriles is 1. The van der Waals surface area contributed by atoms with Crippen LogP contribution < -0.4 is 5.32 Å². The molecule has 0 bridgehead atoms. The number of aromatic nitrogens is 3. The molecular formula is C24H16Cl2F3N5OS. The van der Waals surface area contributed by atoms with E-state index in [0.717, 1.165) is 48.6 Å². The molecule has 36 heavy (non-hydrogen) atoms. The zero-order chi connectivity index (χ0) is 25.6. The average Bonchev–Trinajstić information content (AvgIpc) is 3.32. The standard InChI is InChI=1S/C24H16Cl2F3N5OS/c25-15-7-6-12(8-16(15)26)17-9-20(24(27,28)29)34-21(31-17)10-18(33-34)22(35)32-23-14(11-30)13-4-2-1-3-5-19(13)36-23/h6-10H,1-5H2,(H,32,35). The van der Waals surface area contributed by atoms with Crippen molar-refractivity contribution in [2.75, 3.05) is 5.32 Å². The Morgan fingerprint density at radius 2 is 1.89 bits per heavy atom. The molecule has 0 saturated carbocycles. The van der Waals surface area contributed by atoms with Gasteiger partial charge in [-0.2, -0.15) is 23.5 Å². The van der Waals surface area contributed by atoms with Crippen LogP contribution in [0.2, 0.25) is 10.0 Å². The summed E-state index contributed by atoms with van der Waals surface area (Å²) in [5.41, 5.74) is 0.137. The van der Waals surface area contributed by atoms with E-state index in [9.17, 15) is 23.2 Å². The van der Waals surface area contributed by atoms with Gasteiger partial charge < -0.3 is 5.32 Å². The van der Waals surface area contributed by atoms with Gasteiger partial charge in [0, 0.05) is 16.5 Å². The minimum atomic E-state index is -4.77. The molecule has 1 aliphatic rings. The third-order valence-corrected chi connectivity index (χ3v) is 7.87. The second-order valence-electron chi connectivity index (χ2n) is 8.29. The number of alkyl halides is 3. The Balaban J connectivity index is 1.55. The highest BCUT2D eigenvalue weighted by atomic mass is 35.5. The molecule has 0 saturated heterocycles. The number of nitrogens with zero attached hydrogens (tertiary/aromatic N) is 4. The number of fused-ring (bicyclic) bond motifs is 2. The average molecular weight is 550 g/mol. The minimum absolute atomic E-state index is 0.00554. The van der Waals surface area contributed by atoms with E-state index in [0.29, 0.717) is 20.6 Å². The van der Waals surface area contributed by atoms with Crippen molar-refractivity contribution >= 4 is 51.1 Å². The lowest BCUT2D eigenvalue weighted by atomic mass is 10.1. The van der Waals surface area contributed by atoms with Crippen LogP contribution in [0.5, 0.6) is 0 Å². The molecule has 3 aromatic heterocycles. The third kappa shape index (κ3) is 4.54. The van der Waals surface area contributed by atoms with E-state index in [4.69, 9.17) is 23.2 Å². The zero-order valence-electron chi connectivity index (χ0n) is 18.4. The fourth-order valence-electron chi connectivity index (χ4n) is 4.21. The molecule has 6 nitrogen and oxygen atoms in total. The Labute approximate surface area is 217 Å². The molecule has 1 aromatic carbocycles. The van der Waals surface area contributed by atoms with Crippen molar-refractivity contribution in [1.82, 2.24) is 14.6 Å². The molecule has 12 heteroatoms. The fourth-order valence-corrected chi connectivity index (χ4v) is 5.74. The van der Waals surface area contributed by atoms with Gasteiger partial charge in [-0.1, -0.05) is 35.7 Å². The zero-order valence-corrected chi connectivity index (χ0v) is 20.7. The van der Waals surface area contributed by atoms with Crippen LogP contribution in [0.4, 0.5) is 18.2 Å². The van der Waals surface area contributed by atoms with Crippen molar-refractivity contribution in [3.05, 3.63) is 67.8 Å². The highest BCUT2D eigenvalue weighted by Crippen LogP contribution is 2.38. The summed E-state index contributed by atoms with van der Waals surface area (Å²) < 4.78 is 42.3. The van der Waals surface area contributed by atoms with Crippen molar-refractivity contribution in [1.29, 1.82) is 5.26 Å². The van der Waals surface area contributed by atoms with Gasteiger partial charge in [-0.25, -0.2) is 9.50 Å². The summed E-state index contributed by atoms with van der Waals surface area (Å²) >= 11 is 13.3. The molecule has 0 atom stereocenters. The Morgan fingerprint density at radius 3 is 2.61 bits per heavy atom. The lowest BCUT2D eigenvalue weighted by molar-refractivity contribution is -0.142. The smallest absolute Gasteiger partial charge is 0.311 e. The molecular weight excluding hydrogens is 534 g/mol. The van der Waals surface area contributed by atoms with Crippen LogP contribution in [0.15, 0.2) is 30.3 Å². The van der Waals surface area contributed by atoms with Gasteiger partial charge in [-0.3, -0.25) is 4.79 Å². The first-order chi connectivity index (χ1) is 17.2. The van der Waals surface area contributed by atoms with Crippen molar-refractivity contribution in [3.8, 4) is 17.3 Å². The molecule has 0 aliphatic heterocycles. The van der Waals surface area contributed by atoms with Crippen LogP contribution in [0, 0.1) is 11.3 Å². The van der Waals surface area contributed by atoms with Crippen molar-refractivity contribution in [3.63, 3.8) is 0 Å². The first kappa shape index (κ1) is 24.6. The molecule has 0 radical (unpaired) electrons. The predicted octanol–water partition coefficient (Wildman–Crippen LogP) is 7.18. The number of amides is 1. The molecule has 1 N–H and O–H groups in total. The maximum absolute atomic E-state index is 13.9. The Morgan fingerprint density at radius 1 is 1.11 bits per heavy atom. The molecule has 184 valence electrons. The predicted molar refractivity (Wildman–Crippen MR) is 132 cm³/mol. The number of anilines is 1. The van der Waals surface area contributed by atoms with Crippen LogP contribution in [-0.2, 0) is 19.0 Å². The first-order valence-corrected chi connectivity index (χ1v) is 12.5. The lowest BCUT2D eigenvalue weighted by Gasteiger charge is -2.11. The van der Waals surface area contributed by atoms with Gasteiger partial charge in [0.1, 0.15) is 11.1 Å². The van der Waals surface area contributed by atoms with Crippen molar-refractivity contribution < 1.29 is 18.0 Å². The second-order valence-corrected chi connectivity index (χ2v) is 10.2. The van der Waals surface area contributed by atoms with Crippen LogP contribution in [0.25, 0.3) is 16.9 Å². The van der Waals surface area contributed by atoms with Crippen LogP contribution in [0.3, 0.4) is 0 Å². The maximum Gasteiger partial charge on any atom is 0.433 e. The minimum Gasteiger partial charge on any atom is -0.311 e. The molecule has 0 fully saturated rings. The number of rotatable bonds is 3. The highest BCUT2D eigenvalue weighted by Gasteiger charge is 2.36. The van der Waals surface area contributed by atoms with Crippen molar-refractivity contribution in [2.24, 2.45) is 0 Å². The van der Waals surface area contributed by atoms with Gasteiger partial charge in [0.15, 0.2) is 17.0 Å². The Bertz CT molecular complexity index is 1550. The second kappa shape index (κ2) is 9.39. The number of aryl methyl sites for hydroxylation is 1. The summed E-state index contributed by atoms with van der Waals surface area (Å²) in [4.78, 5) is 18.3. The molecule has 3 heterocycles. The molecule has 0 unspecified atom stereocenters. The van der Waals surface area contributed by atoms with Gasteiger partial charge in [0.25, 0.3) is 5.91 Å². The summed E-state index contributed by atoms with van der Waals surface area (Å²) in [7, 11) is 0. The number of nitrogens with one attached hydrogen (secondary N) is 1. The lowest BCUT2D eigenvalue weighted by Crippen LogP contribution is -2.15. The quantitative estimate of drug-likeness (QED) is 0.274. The van der Waals surface area contributed by atoms with E-state index >= 15 is 0 Å². The van der Waals surface area contributed by atoms with Gasteiger partial charge in [-0.05, 0) is 49.4 Å². The molecule has 4 aromatic rings. The largest absolute Gasteiger partial charge is 0.433 e. The topological polar surface area (TPSA) is 83.1 Å². The monoisotopic (exact) mass is 549 g/mol. The van der Waals surface area contributed by atoms with Gasteiger partial charge in [0.2, 0.25) is 0 Å². The van der Waals surface area contributed by atoms with Gasteiger partial charge in [0.05, 0.1) is 21.3 Å². The SMILES string of the molecule is N#Cc1c(NC(=O)c2cc3nc(-c4ccc(Cl)c(Cl)c4)cc(C(F)(F)F)n3n2)sc2c1CCCCC2. The van der Waals surface area contributed by atoms with Crippen LogP contribution in [-0.4, -0.2) is 20.5 Å². The number of hydrogen-bond donors (Lipinski definition) is 1. The highest BCUT2D eigenvalue weighted by molar-refractivity contribution is 7.16. The van der Waals surface area contributed by atoms with Gasteiger partial charge in [-0.15, -0.1) is 11.3 Å². The summed E-state index contributed by atoms with van der Waals surface area (Å²) in [6.45, 7) is 0. The van der Waals surface area contributed by atoms with E-state index in [2.05, 4.69) is 21.5 Å².